The van der Waals surface area contributed by atoms with Gasteiger partial charge < -0.3 is 4.84 Å². The van der Waals surface area contributed by atoms with Crippen molar-refractivity contribution in [1.29, 1.82) is 0 Å². The molecule has 0 aliphatic carbocycles. The summed E-state index contributed by atoms with van der Waals surface area (Å²) in [6, 6.07) is 0. The molecule has 0 bridgehead atoms. The zero-order valence-corrected chi connectivity index (χ0v) is 19.8. The van der Waals surface area contributed by atoms with Crippen molar-refractivity contribution >= 4 is 5.97 Å². The maximum atomic E-state index is 11.7. The van der Waals surface area contributed by atoms with Crippen molar-refractivity contribution in [2.75, 3.05) is 6.54 Å². The van der Waals surface area contributed by atoms with Crippen molar-refractivity contribution < 1.29 is 9.63 Å². The molecule has 1 N–H and O–H groups in total. The molecule has 0 heterocycles. The van der Waals surface area contributed by atoms with E-state index >= 15 is 0 Å². The Labute approximate surface area is 182 Å². The average Bonchev–Trinajstić information content (AvgIpc) is 2.72. The second-order valence-electron chi connectivity index (χ2n) is 8.47. The fraction of sp³-hybridized carbons (Fsp3) is 0.885. The second-order valence-corrected chi connectivity index (χ2v) is 8.47. The highest BCUT2D eigenvalue weighted by Gasteiger charge is 2.02. The minimum absolute atomic E-state index is 0.103. The summed E-state index contributed by atoms with van der Waals surface area (Å²) in [5.41, 5.74) is 2.82. The lowest BCUT2D eigenvalue weighted by Crippen LogP contribution is -2.20. The van der Waals surface area contributed by atoms with Gasteiger partial charge in [-0.1, -0.05) is 109 Å². The van der Waals surface area contributed by atoms with Crippen LogP contribution in [0.15, 0.2) is 12.2 Å². The number of carbonyl (C=O) groups excluding carboxylic acids is 1. The number of rotatable bonds is 23. The van der Waals surface area contributed by atoms with Gasteiger partial charge in [0.1, 0.15) is 0 Å². The van der Waals surface area contributed by atoms with Crippen molar-refractivity contribution in [2.24, 2.45) is 0 Å². The van der Waals surface area contributed by atoms with E-state index in [2.05, 4.69) is 31.5 Å². The summed E-state index contributed by atoms with van der Waals surface area (Å²) >= 11 is 0. The summed E-state index contributed by atoms with van der Waals surface area (Å²) in [5.74, 6) is -0.103. The van der Waals surface area contributed by atoms with Gasteiger partial charge in [-0.05, 0) is 38.5 Å². The summed E-state index contributed by atoms with van der Waals surface area (Å²) < 4.78 is 0. The maximum Gasteiger partial charge on any atom is 0.324 e. The first-order chi connectivity index (χ1) is 14.3. The van der Waals surface area contributed by atoms with E-state index in [1.807, 2.05) is 0 Å². The molecule has 0 amide bonds. The number of hydrogen-bond donors (Lipinski definition) is 1. The SMILES string of the molecule is CCCCCCCC/C=C\CCCCCCCC(=O)ONCCCCCCCC. The number of allylic oxidation sites excluding steroid dienone is 2. The van der Waals surface area contributed by atoms with Crippen LogP contribution in [0, 0.1) is 0 Å². The molecule has 3 heteroatoms. The number of carbonyl (C=O) groups is 1. The Balaban J connectivity index is 3.19. The standard InChI is InChI=1S/C26H51NO2/c1-3-5-7-9-11-12-13-14-15-16-17-18-19-20-22-24-26(28)29-27-25-23-21-10-8-6-4-2/h14-15,27H,3-13,16-25H2,1-2H3/b15-14-. The van der Waals surface area contributed by atoms with Crippen molar-refractivity contribution in [3.63, 3.8) is 0 Å². The van der Waals surface area contributed by atoms with Gasteiger partial charge in [0.05, 0.1) is 0 Å². The first kappa shape index (κ1) is 28.2. The van der Waals surface area contributed by atoms with Crippen LogP contribution in [0.2, 0.25) is 0 Å². The molecule has 0 fully saturated rings. The molecule has 0 aromatic rings. The summed E-state index contributed by atoms with van der Waals surface area (Å²) in [4.78, 5) is 16.7. The first-order valence-corrected chi connectivity index (χ1v) is 12.9. The zero-order valence-electron chi connectivity index (χ0n) is 19.8. The largest absolute Gasteiger partial charge is 0.371 e. The van der Waals surface area contributed by atoms with E-state index in [9.17, 15) is 4.79 Å². The van der Waals surface area contributed by atoms with E-state index in [-0.39, 0.29) is 5.97 Å². The summed E-state index contributed by atoms with van der Waals surface area (Å²) in [6.07, 6.45) is 29.4. The molecule has 0 atom stereocenters. The van der Waals surface area contributed by atoms with Crippen molar-refractivity contribution in [3.8, 4) is 0 Å². The van der Waals surface area contributed by atoms with E-state index < -0.39 is 0 Å². The minimum atomic E-state index is -0.103. The quantitative estimate of drug-likeness (QED) is 0.104. The third-order valence-electron chi connectivity index (χ3n) is 5.46. The molecular formula is C26H51NO2. The van der Waals surface area contributed by atoms with Gasteiger partial charge in [0.2, 0.25) is 0 Å². The first-order valence-electron chi connectivity index (χ1n) is 12.9. The van der Waals surface area contributed by atoms with Crippen LogP contribution < -0.4 is 5.48 Å². The Bertz CT molecular complexity index is 355. The van der Waals surface area contributed by atoms with E-state index in [1.54, 1.807) is 0 Å². The van der Waals surface area contributed by atoms with Crippen molar-refractivity contribution in [1.82, 2.24) is 5.48 Å². The average molecular weight is 410 g/mol. The molecule has 0 unspecified atom stereocenters. The predicted octanol–water partition coefficient (Wildman–Crippen LogP) is 8.43. The van der Waals surface area contributed by atoms with E-state index in [0.717, 1.165) is 25.8 Å². The highest BCUT2D eigenvalue weighted by atomic mass is 16.7. The summed E-state index contributed by atoms with van der Waals surface area (Å²) in [7, 11) is 0. The van der Waals surface area contributed by atoms with Gasteiger partial charge in [-0.2, -0.15) is 5.48 Å². The van der Waals surface area contributed by atoms with Crippen LogP contribution in [0.5, 0.6) is 0 Å². The lowest BCUT2D eigenvalue weighted by atomic mass is 10.1. The molecular weight excluding hydrogens is 358 g/mol. The van der Waals surface area contributed by atoms with E-state index in [1.165, 1.54) is 103 Å². The molecule has 0 aromatic carbocycles. The zero-order chi connectivity index (χ0) is 21.3. The fourth-order valence-electron chi connectivity index (χ4n) is 3.50. The van der Waals surface area contributed by atoms with Crippen LogP contribution in [-0.2, 0) is 9.63 Å². The van der Waals surface area contributed by atoms with Crippen molar-refractivity contribution in [2.45, 2.75) is 142 Å². The molecule has 0 spiro atoms. The molecule has 0 saturated carbocycles. The Kier molecular flexibility index (Phi) is 24.5. The Morgan fingerprint density at radius 3 is 1.62 bits per heavy atom. The van der Waals surface area contributed by atoms with Crippen LogP contribution >= 0.6 is 0 Å². The Hall–Kier alpha value is -0.830. The Morgan fingerprint density at radius 1 is 0.621 bits per heavy atom. The van der Waals surface area contributed by atoms with Crippen LogP contribution in [0.25, 0.3) is 0 Å². The molecule has 0 rings (SSSR count). The summed E-state index contributed by atoms with van der Waals surface area (Å²) in [6.45, 7) is 5.29. The normalized spacial score (nSPS) is 11.4. The van der Waals surface area contributed by atoms with E-state index in [4.69, 9.17) is 4.84 Å². The molecule has 0 aliphatic heterocycles. The number of hydrogen-bond acceptors (Lipinski definition) is 3. The third-order valence-corrected chi connectivity index (χ3v) is 5.46. The summed E-state index contributed by atoms with van der Waals surface area (Å²) in [5, 5.41) is 0. The van der Waals surface area contributed by atoms with Crippen molar-refractivity contribution in [3.05, 3.63) is 12.2 Å². The van der Waals surface area contributed by atoms with Gasteiger partial charge >= 0.3 is 5.97 Å². The fourth-order valence-corrected chi connectivity index (χ4v) is 3.50. The molecule has 3 nitrogen and oxygen atoms in total. The third kappa shape index (κ3) is 25.1. The second kappa shape index (κ2) is 25.2. The molecule has 29 heavy (non-hydrogen) atoms. The molecule has 172 valence electrons. The van der Waals surface area contributed by atoms with Gasteiger partial charge in [-0.25, -0.2) is 0 Å². The Morgan fingerprint density at radius 2 is 1.07 bits per heavy atom. The monoisotopic (exact) mass is 409 g/mol. The van der Waals surface area contributed by atoms with Gasteiger partial charge in [0.15, 0.2) is 0 Å². The smallest absolute Gasteiger partial charge is 0.324 e. The van der Waals surface area contributed by atoms with E-state index in [0.29, 0.717) is 6.42 Å². The molecule has 0 aliphatic rings. The van der Waals surface area contributed by atoms with Crippen LogP contribution in [-0.4, -0.2) is 12.5 Å². The van der Waals surface area contributed by atoms with Crippen LogP contribution in [0.3, 0.4) is 0 Å². The lowest BCUT2D eigenvalue weighted by molar-refractivity contribution is -0.151. The van der Waals surface area contributed by atoms with Crippen LogP contribution in [0.4, 0.5) is 0 Å². The lowest BCUT2D eigenvalue weighted by Gasteiger charge is -2.06. The topological polar surface area (TPSA) is 38.3 Å². The maximum absolute atomic E-state index is 11.7. The number of unbranched alkanes of at least 4 members (excludes halogenated alkanes) is 16. The predicted molar refractivity (Wildman–Crippen MR) is 127 cm³/mol. The van der Waals surface area contributed by atoms with Gasteiger partial charge in [-0.15, -0.1) is 0 Å². The van der Waals surface area contributed by atoms with Gasteiger partial charge in [-0.3, -0.25) is 4.79 Å². The van der Waals surface area contributed by atoms with Gasteiger partial charge in [0, 0.05) is 13.0 Å². The highest BCUT2D eigenvalue weighted by Crippen LogP contribution is 2.10. The number of hydroxylamine groups is 1. The molecule has 0 saturated heterocycles. The minimum Gasteiger partial charge on any atom is -0.371 e. The van der Waals surface area contributed by atoms with Gasteiger partial charge in [0.25, 0.3) is 0 Å². The molecule has 0 aromatic heterocycles. The number of nitrogens with one attached hydrogen (secondary N) is 1. The van der Waals surface area contributed by atoms with Crippen LogP contribution in [0.1, 0.15) is 142 Å². The highest BCUT2D eigenvalue weighted by molar-refractivity contribution is 5.68. The molecule has 0 radical (unpaired) electrons.